The van der Waals surface area contributed by atoms with Crippen LogP contribution in [0.15, 0.2) is 54.6 Å². The summed E-state index contributed by atoms with van der Waals surface area (Å²) < 4.78 is 0. The van der Waals surface area contributed by atoms with Crippen molar-refractivity contribution in [3.8, 4) is 0 Å². The van der Waals surface area contributed by atoms with Gasteiger partial charge in [0.2, 0.25) is 5.91 Å². The van der Waals surface area contributed by atoms with Gasteiger partial charge in [-0.15, -0.1) is 0 Å². The molecule has 110 valence electrons. The van der Waals surface area contributed by atoms with E-state index in [4.69, 9.17) is 11.5 Å². The maximum Gasteiger partial charge on any atom is 0.231 e. The number of carbonyl (C=O) groups is 1. The number of anilines is 1. The highest BCUT2D eigenvalue weighted by Gasteiger charge is 2.18. The summed E-state index contributed by atoms with van der Waals surface area (Å²) in [6, 6.07) is 17.9. The maximum atomic E-state index is 11.4. The molecule has 2 aromatic rings. The zero-order chi connectivity index (χ0) is 15.2. The molecular formula is C17H21N3O. The molecular weight excluding hydrogens is 262 g/mol. The number of hydrogen-bond donors (Lipinski definition) is 2. The molecule has 4 heteroatoms. The highest BCUT2D eigenvalue weighted by Crippen LogP contribution is 2.22. The van der Waals surface area contributed by atoms with Gasteiger partial charge in [-0.2, -0.15) is 0 Å². The predicted molar refractivity (Wildman–Crippen MR) is 85.3 cm³/mol. The average Bonchev–Trinajstić information content (AvgIpc) is 2.46. The predicted octanol–water partition coefficient (Wildman–Crippen LogP) is 2.32. The van der Waals surface area contributed by atoms with Crippen molar-refractivity contribution in [1.82, 2.24) is 4.90 Å². The molecule has 0 saturated carbocycles. The van der Waals surface area contributed by atoms with E-state index in [1.807, 2.05) is 47.4 Å². The SMILES string of the molecule is CC(c1ccccc1)N(CC(N)=O)Cc1cccc(N)c1. The third kappa shape index (κ3) is 4.33. The first-order valence-corrected chi connectivity index (χ1v) is 6.98. The number of rotatable bonds is 6. The third-order valence-corrected chi connectivity index (χ3v) is 3.53. The van der Waals surface area contributed by atoms with Crippen LogP contribution in [0.4, 0.5) is 5.69 Å². The molecule has 0 fully saturated rings. The van der Waals surface area contributed by atoms with Gasteiger partial charge in [0, 0.05) is 18.3 Å². The number of nitrogen functional groups attached to an aromatic ring is 1. The Morgan fingerprint density at radius 1 is 1.14 bits per heavy atom. The summed E-state index contributed by atoms with van der Waals surface area (Å²) in [5, 5.41) is 0. The second-order valence-corrected chi connectivity index (χ2v) is 5.20. The van der Waals surface area contributed by atoms with Crippen LogP contribution in [-0.4, -0.2) is 17.4 Å². The van der Waals surface area contributed by atoms with E-state index in [0.29, 0.717) is 6.54 Å². The summed E-state index contributed by atoms with van der Waals surface area (Å²) in [6.07, 6.45) is 0. The van der Waals surface area contributed by atoms with E-state index in [1.165, 1.54) is 0 Å². The van der Waals surface area contributed by atoms with E-state index in [2.05, 4.69) is 19.1 Å². The fourth-order valence-corrected chi connectivity index (χ4v) is 2.40. The standard InChI is InChI=1S/C17H21N3O/c1-13(15-7-3-2-4-8-15)20(12-17(19)21)11-14-6-5-9-16(18)10-14/h2-10,13H,11-12,18H2,1H3,(H2,19,21). The monoisotopic (exact) mass is 283 g/mol. The molecule has 0 bridgehead atoms. The van der Waals surface area contributed by atoms with Crippen molar-refractivity contribution in [3.05, 3.63) is 65.7 Å². The average molecular weight is 283 g/mol. The second kappa shape index (κ2) is 6.90. The van der Waals surface area contributed by atoms with E-state index < -0.39 is 0 Å². The Labute approximate surface area is 125 Å². The Kier molecular flexibility index (Phi) is 4.95. The highest BCUT2D eigenvalue weighted by atomic mass is 16.1. The lowest BCUT2D eigenvalue weighted by Gasteiger charge is -2.28. The molecule has 4 nitrogen and oxygen atoms in total. The molecule has 0 aliphatic carbocycles. The number of nitrogens with two attached hydrogens (primary N) is 2. The molecule has 0 saturated heterocycles. The van der Waals surface area contributed by atoms with E-state index >= 15 is 0 Å². The van der Waals surface area contributed by atoms with Gasteiger partial charge < -0.3 is 11.5 Å². The van der Waals surface area contributed by atoms with E-state index in [1.54, 1.807) is 0 Å². The fraction of sp³-hybridized carbons (Fsp3) is 0.235. The number of hydrogen-bond acceptors (Lipinski definition) is 3. The molecule has 0 spiro atoms. The van der Waals surface area contributed by atoms with Gasteiger partial charge in [-0.05, 0) is 30.2 Å². The quantitative estimate of drug-likeness (QED) is 0.799. The Bertz CT molecular complexity index is 598. The normalized spacial score (nSPS) is 12.3. The zero-order valence-corrected chi connectivity index (χ0v) is 12.2. The number of benzene rings is 2. The van der Waals surface area contributed by atoms with E-state index in [-0.39, 0.29) is 18.5 Å². The molecule has 2 aromatic carbocycles. The molecule has 2 rings (SSSR count). The van der Waals surface area contributed by atoms with Gasteiger partial charge in [0.25, 0.3) is 0 Å². The van der Waals surface area contributed by atoms with Crippen molar-refractivity contribution in [3.63, 3.8) is 0 Å². The van der Waals surface area contributed by atoms with Gasteiger partial charge in [-0.1, -0.05) is 42.5 Å². The van der Waals surface area contributed by atoms with Gasteiger partial charge in [0.1, 0.15) is 0 Å². The first-order chi connectivity index (χ1) is 10.1. The number of amides is 1. The minimum Gasteiger partial charge on any atom is -0.399 e. The molecule has 0 aromatic heterocycles. The van der Waals surface area contributed by atoms with Crippen molar-refractivity contribution in [2.75, 3.05) is 12.3 Å². The van der Waals surface area contributed by atoms with Crippen LogP contribution < -0.4 is 11.5 Å². The van der Waals surface area contributed by atoms with Crippen molar-refractivity contribution in [1.29, 1.82) is 0 Å². The van der Waals surface area contributed by atoms with Crippen LogP contribution in [0.1, 0.15) is 24.1 Å². The molecule has 0 heterocycles. The van der Waals surface area contributed by atoms with Crippen LogP contribution in [-0.2, 0) is 11.3 Å². The molecule has 21 heavy (non-hydrogen) atoms. The van der Waals surface area contributed by atoms with Crippen LogP contribution >= 0.6 is 0 Å². The van der Waals surface area contributed by atoms with Gasteiger partial charge in [0.15, 0.2) is 0 Å². The molecule has 0 aliphatic rings. The highest BCUT2D eigenvalue weighted by molar-refractivity contribution is 5.76. The first-order valence-electron chi connectivity index (χ1n) is 6.98. The molecule has 0 aliphatic heterocycles. The summed E-state index contributed by atoms with van der Waals surface area (Å²) >= 11 is 0. The zero-order valence-electron chi connectivity index (χ0n) is 12.2. The lowest BCUT2D eigenvalue weighted by Crippen LogP contribution is -2.35. The van der Waals surface area contributed by atoms with Crippen molar-refractivity contribution in [2.45, 2.75) is 19.5 Å². The minimum absolute atomic E-state index is 0.0973. The number of primary amides is 1. The van der Waals surface area contributed by atoms with Gasteiger partial charge in [-0.3, -0.25) is 9.69 Å². The first kappa shape index (κ1) is 15.1. The number of carbonyl (C=O) groups excluding carboxylic acids is 1. The Morgan fingerprint density at radius 3 is 2.48 bits per heavy atom. The van der Waals surface area contributed by atoms with Gasteiger partial charge in [-0.25, -0.2) is 0 Å². The summed E-state index contributed by atoms with van der Waals surface area (Å²) in [5.74, 6) is -0.332. The van der Waals surface area contributed by atoms with Crippen LogP contribution in [0.2, 0.25) is 0 Å². The maximum absolute atomic E-state index is 11.4. The summed E-state index contributed by atoms with van der Waals surface area (Å²) in [7, 11) is 0. The van der Waals surface area contributed by atoms with Crippen molar-refractivity contribution < 1.29 is 4.79 Å². The van der Waals surface area contributed by atoms with Crippen LogP contribution in [0.5, 0.6) is 0 Å². The summed E-state index contributed by atoms with van der Waals surface area (Å²) in [6.45, 7) is 2.92. The van der Waals surface area contributed by atoms with Crippen LogP contribution in [0, 0.1) is 0 Å². The Hall–Kier alpha value is -2.33. The van der Waals surface area contributed by atoms with Gasteiger partial charge in [0.05, 0.1) is 6.54 Å². The Balaban J connectivity index is 2.20. The second-order valence-electron chi connectivity index (χ2n) is 5.20. The smallest absolute Gasteiger partial charge is 0.231 e. The van der Waals surface area contributed by atoms with Crippen molar-refractivity contribution in [2.24, 2.45) is 5.73 Å². The summed E-state index contributed by atoms with van der Waals surface area (Å²) in [4.78, 5) is 13.4. The fourth-order valence-electron chi connectivity index (χ4n) is 2.40. The molecule has 1 unspecified atom stereocenters. The van der Waals surface area contributed by atoms with Crippen molar-refractivity contribution >= 4 is 11.6 Å². The number of nitrogens with zero attached hydrogens (tertiary/aromatic N) is 1. The topological polar surface area (TPSA) is 72.3 Å². The Morgan fingerprint density at radius 2 is 1.86 bits per heavy atom. The van der Waals surface area contributed by atoms with Crippen LogP contribution in [0.25, 0.3) is 0 Å². The van der Waals surface area contributed by atoms with E-state index in [0.717, 1.165) is 16.8 Å². The molecule has 1 amide bonds. The molecule has 1 atom stereocenters. The minimum atomic E-state index is -0.332. The largest absolute Gasteiger partial charge is 0.399 e. The summed E-state index contributed by atoms with van der Waals surface area (Å²) in [5.41, 5.74) is 14.1. The van der Waals surface area contributed by atoms with Gasteiger partial charge >= 0.3 is 0 Å². The molecule has 0 radical (unpaired) electrons. The van der Waals surface area contributed by atoms with Crippen LogP contribution in [0.3, 0.4) is 0 Å². The lowest BCUT2D eigenvalue weighted by atomic mass is 10.1. The lowest BCUT2D eigenvalue weighted by molar-refractivity contribution is -0.119. The molecule has 4 N–H and O–H groups in total. The van der Waals surface area contributed by atoms with E-state index in [9.17, 15) is 4.79 Å². The third-order valence-electron chi connectivity index (χ3n) is 3.53.